The van der Waals surface area contributed by atoms with E-state index in [1.165, 1.54) is 19.3 Å². The molecule has 0 aliphatic heterocycles. The first-order chi connectivity index (χ1) is 10.4. The van der Waals surface area contributed by atoms with E-state index in [1.54, 1.807) is 0 Å². The Kier molecular flexibility index (Phi) is 3.23. The number of hydrogen-bond donors (Lipinski definition) is 0. The summed E-state index contributed by atoms with van der Waals surface area (Å²) in [6.07, 6.45) is -2.26. The molecule has 0 saturated heterocycles. The molecule has 0 atom stereocenters. The van der Waals surface area contributed by atoms with Crippen LogP contribution in [0.1, 0.15) is 94.7 Å². The Morgan fingerprint density at radius 3 is 2.60 bits per heavy atom. The van der Waals surface area contributed by atoms with E-state index < -0.39 is 25.5 Å². The maximum atomic E-state index is 8.01. The van der Waals surface area contributed by atoms with Gasteiger partial charge in [0.15, 0.2) is 0 Å². The minimum atomic E-state index is -2.91. The number of hydrogen-bond acceptors (Lipinski definition) is 0. The van der Waals surface area contributed by atoms with E-state index in [0.29, 0.717) is 6.42 Å². The first kappa shape index (κ1) is 5.38. The van der Waals surface area contributed by atoms with Crippen molar-refractivity contribution in [1.82, 2.24) is 0 Å². The Morgan fingerprint density at radius 1 is 1.07 bits per heavy atom. The quantitative estimate of drug-likeness (QED) is 0.364. The van der Waals surface area contributed by atoms with Crippen LogP contribution in [-0.4, -0.2) is 0 Å². The summed E-state index contributed by atoms with van der Waals surface area (Å²) in [5.74, 6) is 0. The third-order valence-corrected chi connectivity index (χ3v) is 2.65. The summed E-state index contributed by atoms with van der Waals surface area (Å²) in [6, 6.07) is 0. The summed E-state index contributed by atoms with van der Waals surface area (Å²) in [6.45, 7) is 2.15. The highest BCUT2D eigenvalue weighted by Gasteiger charge is 2.02. The number of rotatable bonds is 8. The van der Waals surface area contributed by atoms with Crippen LogP contribution in [0.25, 0.3) is 0 Å². The topological polar surface area (TPSA) is 0 Å². The largest absolute Gasteiger partial charge is 0.0853 e. The van der Waals surface area contributed by atoms with Gasteiger partial charge in [-0.2, -0.15) is 0 Å². The van der Waals surface area contributed by atoms with E-state index in [4.69, 9.17) is 11.0 Å². The lowest BCUT2D eigenvalue weighted by atomic mass is 9.95. The Hall–Kier alpha value is -0.260. The molecule has 1 aliphatic carbocycles. The average molecular weight is 216 g/mol. The normalized spacial score (nSPS) is 37.8. The zero-order valence-electron chi connectivity index (χ0n) is 17.7. The van der Waals surface area contributed by atoms with E-state index in [1.807, 2.05) is 0 Å². The minimum Gasteiger partial charge on any atom is -0.0853 e. The third-order valence-electron chi connectivity index (χ3n) is 2.65. The molecule has 0 unspecified atom stereocenters. The maximum Gasteiger partial charge on any atom is 0.0312 e. The van der Waals surface area contributed by atoms with Crippen LogP contribution >= 0.6 is 0 Å². The number of allylic oxidation sites excluding steroid dienone is 2. The molecule has 88 valence electrons. The summed E-state index contributed by atoms with van der Waals surface area (Å²) in [7, 11) is 0. The molecule has 0 saturated carbocycles. The van der Waals surface area contributed by atoms with Gasteiger partial charge >= 0.3 is 0 Å². The summed E-state index contributed by atoms with van der Waals surface area (Å²) in [5, 5.41) is 0. The lowest BCUT2D eigenvalue weighted by Crippen LogP contribution is -1.92. The van der Waals surface area contributed by atoms with Crippen LogP contribution < -0.4 is 0 Å². The summed E-state index contributed by atoms with van der Waals surface area (Å²) in [5.41, 5.74) is 0.0520. The van der Waals surface area contributed by atoms with Gasteiger partial charge < -0.3 is 0 Å². The van der Waals surface area contributed by atoms with Crippen LogP contribution in [0.5, 0.6) is 0 Å². The van der Waals surface area contributed by atoms with Gasteiger partial charge in [0.1, 0.15) is 0 Å². The van der Waals surface area contributed by atoms with E-state index in [9.17, 15) is 0 Å². The third kappa shape index (κ3) is 6.76. The molecule has 1 rings (SSSR count). The van der Waals surface area contributed by atoms with Crippen molar-refractivity contribution >= 4 is 0 Å². The molecule has 0 amide bonds. The Balaban J connectivity index is 2.73. The van der Waals surface area contributed by atoms with Crippen LogP contribution in [0.15, 0.2) is 11.6 Å². The molecule has 1 aliphatic rings. The maximum absolute atomic E-state index is 8.01. The molecule has 0 fully saturated rings. The zero-order valence-corrected chi connectivity index (χ0v) is 9.73. The molecule has 0 bridgehead atoms. The van der Waals surface area contributed by atoms with Gasteiger partial charge in [-0.05, 0) is 38.3 Å². The zero-order chi connectivity index (χ0) is 17.9. The smallest absolute Gasteiger partial charge is 0.0312 e. The second kappa shape index (κ2) is 9.00. The lowest BCUT2D eigenvalue weighted by Gasteiger charge is -2.12. The molecule has 0 aromatic heterocycles. The first-order valence-corrected chi connectivity index (χ1v) is 6.14. The number of unbranched alkanes of at least 4 members (excludes halogenated alkanes) is 6. The predicted molar refractivity (Wildman–Crippen MR) is 69.2 cm³/mol. The van der Waals surface area contributed by atoms with E-state index in [0.717, 1.165) is 25.3 Å². The van der Waals surface area contributed by atoms with E-state index in [-0.39, 0.29) is 12.0 Å². The lowest BCUT2D eigenvalue weighted by molar-refractivity contribution is 0.577. The van der Waals surface area contributed by atoms with Crippen LogP contribution in [-0.2, 0) is 0 Å². The van der Waals surface area contributed by atoms with Crippen LogP contribution in [0.2, 0.25) is 0 Å². The molecular weight excluding hydrogens is 180 g/mol. The highest BCUT2D eigenvalue weighted by atomic mass is 14.1. The van der Waals surface area contributed by atoms with Gasteiger partial charge in [0.25, 0.3) is 0 Å². The molecule has 0 heteroatoms. The van der Waals surface area contributed by atoms with Gasteiger partial charge in [-0.3, -0.25) is 0 Å². The summed E-state index contributed by atoms with van der Waals surface area (Å²) >= 11 is 0. The Bertz CT molecular complexity index is 425. The molecule has 0 aromatic carbocycles. The second-order valence-corrected chi connectivity index (χ2v) is 4.06. The SMILES string of the molecule is [2H]C1([2H])C=C(CCCCCCCCC)C([2H])([2H])C([2H])([2H])C1([2H])[2H]. The molecule has 0 nitrogen and oxygen atoms in total. The van der Waals surface area contributed by atoms with Gasteiger partial charge in [0.05, 0.1) is 0 Å². The highest BCUT2D eigenvalue weighted by molar-refractivity contribution is 5.04. The fourth-order valence-electron chi connectivity index (χ4n) is 1.71. The Morgan fingerprint density at radius 2 is 1.80 bits per heavy atom. The van der Waals surface area contributed by atoms with Gasteiger partial charge in [0.2, 0.25) is 0 Å². The van der Waals surface area contributed by atoms with Gasteiger partial charge in [0, 0.05) is 11.0 Å². The summed E-state index contributed by atoms with van der Waals surface area (Å²) in [4.78, 5) is 0. The van der Waals surface area contributed by atoms with Gasteiger partial charge in [-0.15, -0.1) is 0 Å². The second-order valence-electron chi connectivity index (χ2n) is 4.06. The predicted octanol–water partition coefficient (Wildman–Crippen LogP) is 5.63. The van der Waals surface area contributed by atoms with Crippen molar-refractivity contribution in [3.8, 4) is 0 Å². The van der Waals surface area contributed by atoms with Crippen LogP contribution in [0, 0.1) is 0 Å². The molecule has 0 radical (unpaired) electrons. The van der Waals surface area contributed by atoms with Crippen LogP contribution in [0.4, 0.5) is 0 Å². The van der Waals surface area contributed by atoms with Crippen molar-refractivity contribution in [2.75, 3.05) is 0 Å². The van der Waals surface area contributed by atoms with E-state index in [2.05, 4.69) is 6.92 Å². The van der Waals surface area contributed by atoms with Crippen molar-refractivity contribution < 1.29 is 11.0 Å². The van der Waals surface area contributed by atoms with E-state index >= 15 is 0 Å². The van der Waals surface area contributed by atoms with Gasteiger partial charge in [-0.1, -0.05) is 57.1 Å². The Labute approximate surface area is 107 Å². The highest BCUT2D eigenvalue weighted by Crippen LogP contribution is 2.22. The summed E-state index contributed by atoms with van der Waals surface area (Å²) < 4.78 is 62.7. The minimum absolute atomic E-state index is 0.0520. The fourth-order valence-corrected chi connectivity index (χ4v) is 1.71. The average Bonchev–Trinajstić information content (AvgIpc) is 2.43. The first-order valence-electron chi connectivity index (χ1n) is 10.1. The fraction of sp³-hybridized carbons (Fsp3) is 0.867. The van der Waals surface area contributed by atoms with Crippen molar-refractivity contribution in [3.63, 3.8) is 0 Å². The molecule has 0 N–H and O–H groups in total. The van der Waals surface area contributed by atoms with Crippen molar-refractivity contribution in [2.45, 2.75) is 83.8 Å². The molecular formula is C15H28. The molecule has 0 aromatic rings. The standard InChI is InChI=1S/C15H28/c1-2-3-4-5-6-7-9-12-15-13-10-8-11-14-15/h13H,2-12,14H2,1H3/i8D2,10D2,11D2,14D2. The van der Waals surface area contributed by atoms with Crippen molar-refractivity contribution in [3.05, 3.63) is 11.6 Å². The molecule has 0 heterocycles. The monoisotopic (exact) mass is 216 g/mol. The van der Waals surface area contributed by atoms with Crippen molar-refractivity contribution in [1.29, 1.82) is 0 Å². The van der Waals surface area contributed by atoms with Crippen LogP contribution in [0.3, 0.4) is 0 Å². The van der Waals surface area contributed by atoms with Gasteiger partial charge in [-0.25, -0.2) is 0 Å². The molecule has 15 heavy (non-hydrogen) atoms. The van der Waals surface area contributed by atoms with Crippen molar-refractivity contribution in [2.24, 2.45) is 0 Å². The molecule has 0 spiro atoms.